The molecule has 1 heterocycles. The van der Waals surface area contributed by atoms with Gasteiger partial charge in [0.2, 0.25) is 0 Å². The summed E-state index contributed by atoms with van der Waals surface area (Å²) in [4.78, 5) is 3.54. The number of anilines is 3. The first kappa shape index (κ1) is 13.1. The molecule has 0 atom stereocenters. The van der Waals surface area contributed by atoms with Crippen molar-refractivity contribution in [3.8, 4) is 6.07 Å². The summed E-state index contributed by atoms with van der Waals surface area (Å²) in [5.74, 6) is -2.50. The Bertz CT molecular complexity index is 682. The average Bonchev–Trinajstić information content (AvgIpc) is 2.38. The Kier molecular flexibility index (Phi) is 3.49. The fourth-order valence-electron chi connectivity index (χ4n) is 1.38. The lowest BCUT2D eigenvalue weighted by Gasteiger charge is -2.09. The van der Waals surface area contributed by atoms with E-state index in [9.17, 15) is 8.78 Å². The molecule has 19 heavy (non-hydrogen) atoms. The van der Waals surface area contributed by atoms with Crippen molar-refractivity contribution >= 4 is 28.9 Å². The van der Waals surface area contributed by atoms with Gasteiger partial charge in [-0.2, -0.15) is 5.26 Å². The molecule has 4 nitrogen and oxygen atoms in total. The second-order valence-corrected chi connectivity index (χ2v) is 4.02. The highest BCUT2D eigenvalue weighted by Crippen LogP contribution is 2.27. The van der Waals surface area contributed by atoms with E-state index in [4.69, 9.17) is 22.6 Å². The van der Waals surface area contributed by atoms with E-state index < -0.39 is 17.5 Å². The molecule has 0 aliphatic rings. The summed E-state index contributed by atoms with van der Waals surface area (Å²) in [6.45, 7) is 0. The normalized spacial score (nSPS) is 10.0. The number of nitrogen functional groups attached to an aromatic ring is 1. The van der Waals surface area contributed by atoms with Crippen molar-refractivity contribution in [2.24, 2.45) is 0 Å². The molecule has 96 valence electrons. The number of pyridine rings is 1. The molecule has 0 aliphatic heterocycles. The van der Waals surface area contributed by atoms with E-state index in [0.717, 1.165) is 0 Å². The highest BCUT2D eigenvalue weighted by molar-refractivity contribution is 6.33. The standard InChI is InChI=1S/C12H7ClF2N4/c13-7-3-6(5-16)1-2-10(7)18-12-9(15)4-8(14)11(17)19-12/h1-4H,(H3,17,18,19). The van der Waals surface area contributed by atoms with Gasteiger partial charge in [-0.3, -0.25) is 0 Å². The molecule has 0 amide bonds. The third-order valence-corrected chi connectivity index (χ3v) is 2.62. The van der Waals surface area contributed by atoms with Crippen molar-refractivity contribution in [2.45, 2.75) is 0 Å². The molecule has 0 bridgehead atoms. The molecule has 2 rings (SSSR count). The number of hydrogen-bond donors (Lipinski definition) is 2. The molecule has 0 unspecified atom stereocenters. The number of aromatic nitrogens is 1. The molecule has 0 spiro atoms. The first-order valence-electron chi connectivity index (χ1n) is 5.09. The van der Waals surface area contributed by atoms with Crippen LogP contribution in [0.2, 0.25) is 5.02 Å². The zero-order valence-corrected chi connectivity index (χ0v) is 10.2. The van der Waals surface area contributed by atoms with Gasteiger partial charge < -0.3 is 11.1 Å². The average molecular weight is 281 g/mol. The topological polar surface area (TPSA) is 74.7 Å². The largest absolute Gasteiger partial charge is 0.381 e. The van der Waals surface area contributed by atoms with Gasteiger partial charge in [-0.05, 0) is 18.2 Å². The van der Waals surface area contributed by atoms with Gasteiger partial charge in [0.15, 0.2) is 23.3 Å². The number of nitrogens with one attached hydrogen (secondary N) is 1. The number of nitrogens with zero attached hydrogens (tertiary/aromatic N) is 2. The number of halogens is 3. The molecule has 0 aliphatic carbocycles. The minimum atomic E-state index is -0.936. The molecule has 2 aromatic rings. The van der Waals surface area contributed by atoms with Crippen LogP contribution in [0.15, 0.2) is 24.3 Å². The Morgan fingerprint density at radius 2 is 2.00 bits per heavy atom. The Morgan fingerprint density at radius 1 is 1.26 bits per heavy atom. The van der Waals surface area contributed by atoms with E-state index in [2.05, 4.69) is 10.3 Å². The van der Waals surface area contributed by atoms with Gasteiger partial charge in [0.05, 0.1) is 22.3 Å². The molecular weight excluding hydrogens is 274 g/mol. The van der Waals surface area contributed by atoms with Crippen molar-refractivity contribution in [2.75, 3.05) is 11.1 Å². The van der Waals surface area contributed by atoms with Crippen molar-refractivity contribution in [1.82, 2.24) is 4.98 Å². The molecule has 0 radical (unpaired) electrons. The maximum Gasteiger partial charge on any atom is 0.169 e. The minimum absolute atomic E-state index is 0.211. The predicted octanol–water partition coefficient (Wildman–Crippen LogP) is 3.21. The van der Waals surface area contributed by atoms with Crippen LogP contribution in [-0.2, 0) is 0 Å². The van der Waals surface area contributed by atoms with E-state index in [-0.39, 0.29) is 10.8 Å². The summed E-state index contributed by atoms with van der Waals surface area (Å²) < 4.78 is 26.4. The lowest BCUT2D eigenvalue weighted by Crippen LogP contribution is -2.03. The Balaban J connectivity index is 2.37. The monoisotopic (exact) mass is 280 g/mol. The fraction of sp³-hybridized carbons (Fsp3) is 0. The van der Waals surface area contributed by atoms with Crippen molar-refractivity contribution in [3.63, 3.8) is 0 Å². The van der Waals surface area contributed by atoms with Crippen molar-refractivity contribution in [3.05, 3.63) is 46.5 Å². The summed E-state index contributed by atoms with van der Waals surface area (Å²) in [6.07, 6.45) is 0. The van der Waals surface area contributed by atoms with E-state index in [1.54, 1.807) is 0 Å². The van der Waals surface area contributed by atoms with Crippen LogP contribution in [0, 0.1) is 23.0 Å². The number of hydrogen-bond acceptors (Lipinski definition) is 4. The maximum absolute atomic E-state index is 13.5. The highest BCUT2D eigenvalue weighted by atomic mass is 35.5. The highest BCUT2D eigenvalue weighted by Gasteiger charge is 2.11. The van der Waals surface area contributed by atoms with E-state index in [1.807, 2.05) is 6.07 Å². The number of benzene rings is 1. The summed E-state index contributed by atoms with van der Waals surface area (Å²) in [5.41, 5.74) is 5.95. The van der Waals surface area contributed by atoms with Gasteiger partial charge in [-0.15, -0.1) is 0 Å². The SMILES string of the molecule is N#Cc1ccc(Nc2nc(N)c(F)cc2F)c(Cl)c1. The predicted molar refractivity (Wildman–Crippen MR) is 68.0 cm³/mol. The molecule has 3 N–H and O–H groups in total. The lowest BCUT2D eigenvalue weighted by molar-refractivity contribution is 0.581. The second-order valence-electron chi connectivity index (χ2n) is 3.62. The molecule has 0 saturated carbocycles. The van der Waals surface area contributed by atoms with Crippen LogP contribution in [-0.4, -0.2) is 4.98 Å². The maximum atomic E-state index is 13.5. The number of nitrogens with two attached hydrogens (primary N) is 1. The van der Waals surface area contributed by atoms with Crippen LogP contribution in [0.1, 0.15) is 5.56 Å². The summed E-state index contributed by atoms with van der Waals surface area (Å²) >= 11 is 5.91. The van der Waals surface area contributed by atoms with Gasteiger partial charge in [-0.25, -0.2) is 13.8 Å². The van der Waals surface area contributed by atoms with Gasteiger partial charge in [-0.1, -0.05) is 11.6 Å². The zero-order valence-electron chi connectivity index (χ0n) is 9.42. The number of nitriles is 1. The van der Waals surface area contributed by atoms with E-state index in [0.29, 0.717) is 17.3 Å². The van der Waals surface area contributed by atoms with Gasteiger partial charge in [0.1, 0.15) is 0 Å². The van der Waals surface area contributed by atoms with Gasteiger partial charge >= 0.3 is 0 Å². The van der Waals surface area contributed by atoms with Crippen LogP contribution in [0.4, 0.5) is 26.1 Å². The molecular formula is C12H7ClF2N4. The summed E-state index contributed by atoms with van der Waals surface area (Å²) in [7, 11) is 0. The molecule has 7 heteroatoms. The fourth-order valence-corrected chi connectivity index (χ4v) is 1.61. The summed E-state index contributed by atoms with van der Waals surface area (Å²) in [5, 5.41) is 11.5. The van der Waals surface area contributed by atoms with E-state index >= 15 is 0 Å². The van der Waals surface area contributed by atoms with Crippen LogP contribution in [0.3, 0.4) is 0 Å². The Morgan fingerprint density at radius 3 is 2.63 bits per heavy atom. The second kappa shape index (κ2) is 5.08. The van der Waals surface area contributed by atoms with Crippen LogP contribution < -0.4 is 11.1 Å². The van der Waals surface area contributed by atoms with Gasteiger partial charge in [0.25, 0.3) is 0 Å². The van der Waals surface area contributed by atoms with Crippen molar-refractivity contribution < 1.29 is 8.78 Å². The third-order valence-electron chi connectivity index (χ3n) is 2.31. The number of rotatable bonds is 2. The molecule has 1 aromatic heterocycles. The minimum Gasteiger partial charge on any atom is -0.381 e. The molecule has 0 saturated heterocycles. The molecule has 1 aromatic carbocycles. The smallest absolute Gasteiger partial charge is 0.169 e. The quantitative estimate of drug-likeness (QED) is 0.886. The van der Waals surface area contributed by atoms with E-state index in [1.165, 1.54) is 18.2 Å². The zero-order chi connectivity index (χ0) is 14.0. The first-order valence-corrected chi connectivity index (χ1v) is 5.47. The van der Waals surface area contributed by atoms with Gasteiger partial charge in [0, 0.05) is 6.07 Å². The lowest BCUT2D eigenvalue weighted by atomic mass is 10.2. The summed E-state index contributed by atoms with van der Waals surface area (Å²) in [6, 6.07) is 6.94. The third kappa shape index (κ3) is 2.72. The van der Waals surface area contributed by atoms with Crippen molar-refractivity contribution in [1.29, 1.82) is 5.26 Å². The van der Waals surface area contributed by atoms with Crippen LogP contribution in [0.5, 0.6) is 0 Å². The first-order chi connectivity index (χ1) is 9.01. The van der Waals surface area contributed by atoms with Crippen LogP contribution in [0.25, 0.3) is 0 Å². The Hall–Kier alpha value is -2.39. The molecule has 0 fully saturated rings. The van der Waals surface area contributed by atoms with Crippen LogP contribution >= 0.6 is 11.6 Å². The Labute approximate surface area is 112 Å².